The Kier molecular flexibility index (Phi) is 7.64. The summed E-state index contributed by atoms with van der Waals surface area (Å²) in [5.74, 6) is -1.96. The fourth-order valence-corrected chi connectivity index (χ4v) is 4.52. The number of rotatable bonds is 7. The molecule has 0 saturated carbocycles. The molecule has 0 unspecified atom stereocenters. The van der Waals surface area contributed by atoms with E-state index >= 15 is 0 Å². The number of carboxylic acid groups (broad SMARTS) is 1. The molecule has 0 spiro atoms. The third-order valence-electron chi connectivity index (χ3n) is 6.59. The summed E-state index contributed by atoms with van der Waals surface area (Å²) in [7, 11) is 1.22. The van der Waals surface area contributed by atoms with Crippen molar-refractivity contribution in [3.8, 4) is 17.1 Å². The van der Waals surface area contributed by atoms with Gasteiger partial charge >= 0.3 is 12.3 Å². The average molecular weight is 583 g/mol. The highest BCUT2D eigenvalue weighted by Gasteiger charge is 2.42. The predicted octanol–water partition coefficient (Wildman–Crippen LogP) is 1.97. The van der Waals surface area contributed by atoms with Crippen molar-refractivity contribution in [1.82, 2.24) is 35.1 Å². The Morgan fingerprint density at radius 1 is 1.20 bits per heavy atom. The van der Waals surface area contributed by atoms with E-state index < -0.39 is 58.6 Å². The number of hydrogen-bond donors (Lipinski definition) is 4. The Morgan fingerprint density at radius 3 is 2.54 bits per heavy atom. The summed E-state index contributed by atoms with van der Waals surface area (Å²) in [4.78, 5) is 45.8. The zero-order valence-corrected chi connectivity index (χ0v) is 22.0. The number of nitrogens with zero attached hydrogens (tertiary/aromatic N) is 5. The van der Waals surface area contributed by atoms with E-state index in [2.05, 4.69) is 25.7 Å². The highest BCUT2D eigenvalue weighted by molar-refractivity contribution is 5.98. The molecule has 1 aliphatic heterocycles. The van der Waals surface area contributed by atoms with Crippen molar-refractivity contribution in [3.05, 3.63) is 35.8 Å². The van der Waals surface area contributed by atoms with Crippen LogP contribution in [0.1, 0.15) is 29.8 Å². The maximum absolute atomic E-state index is 14.9. The summed E-state index contributed by atoms with van der Waals surface area (Å²) in [6, 6.07) is 0.874. The number of nitrogens with two attached hydrogens (primary N) is 1. The number of carbonyl (C=O) groups is 3. The maximum Gasteiger partial charge on any atom is 0.418 e. The predicted molar refractivity (Wildman–Crippen MR) is 135 cm³/mol. The number of methoxy groups -OCH3 is 1. The molecule has 41 heavy (non-hydrogen) atoms. The molecule has 3 aromatic rings. The fraction of sp³-hybridized carbons (Fsp3) is 0.417. The molecule has 1 aliphatic rings. The Bertz CT molecular complexity index is 1510. The monoisotopic (exact) mass is 582 g/mol. The van der Waals surface area contributed by atoms with Crippen LogP contribution in [-0.2, 0) is 11.0 Å². The van der Waals surface area contributed by atoms with Gasteiger partial charge in [-0.25, -0.2) is 23.7 Å². The van der Waals surface area contributed by atoms with Gasteiger partial charge in [0.05, 0.1) is 36.4 Å². The summed E-state index contributed by atoms with van der Waals surface area (Å²) < 4.78 is 62.2. The molecule has 4 heterocycles. The Labute approximate surface area is 229 Å². The van der Waals surface area contributed by atoms with Gasteiger partial charge in [0, 0.05) is 24.8 Å². The number of likely N-dealkylation sites (tertiary alicyclic amines) is 1. The van der Waals surface area contributed by atoms with Crippen LogP contribution in [0.5, 0.6) is 5.88 Å². The second-order valence-corrected chi connectivity index (χ2v) is 9.98. The number of amides is 3. The van der Waals surface area contributed by atoms with Gasteiger partial charge in [0.15, 0.2) is 5.82 Å². The summed E-state index contributed by atoms with van der Waals surface area (Å²) in [6.45, 7) is 2.25. The van der Waals surface area contributed by atoms with Crippen LogP contribution in [0.2, 0.25) is 0 Å². The Morgan fingerprint density at radius 2 is 1.90 bits per heavy atom. The van der Waals surface area contributed by atoms with Gasteiger partial charge in [0.1, 0.15) is 23.6 Å². The molecule has 4 rings (SSSR count). The molecule has 17 heteroatoms. The van der Waals surface area contributed by atoms with Crippen molar-refractivity contribution in [2.45, 2.75) is 32.2 Å². The summed E-state index contributed by atoms with van der Waals surface area (Å²) in [6.07, 6.45) is -5.61. The first-order valence-corrected chi connectivity index (χ1v) is 12.1. The lowest BCUT2D eigenvalue weighted by atomic mass is 9.91. The van der Waals surface area contributed by atoms with Gasteiger partial charge in [0.25, 0.3) is 5.91 Å². The molecule has 2 atom stereocenters. The second-order valence-electron chi connectivity index (χ2n) is 9.98. The van der Waals surface area contributed by atoms with Crippen molar-refractivity contribution in [2.24, 2.45) is 5.41 Å². The number of ether oxygens (including phenoxy) is 1. The molecular formula is C24H26F4N8O5. The van der Waals surface area contributed by atoms with Gasteiger partial charge in [-0.2, -0.15) is 18.3 Å². The lowest BCUT2D eigenvalue weighted by Gasteiger charge is -2.28. The lowest BCUT2D eigenvalue weighted by Crippen LogP contribution is -2.47. The van der Waals surface area contributed by atoms with Crippen molar-refractivity contribution < 1.29 is 41.8 Å². The standard InChI is InChI=1S/C24H26F4N8O5/c1-23(2,9-31-22(39)40)21(38)35-7-14(25)15(8-35)34-19(37)12-4-11(6-30-20(12)41-3)16-5-13(24(26,27)28)17-18(29)32-10-33-36(16)17/h4-6,10,14-15,31H,7-9H2,1-3H3,(H,34,37)(H,39,40)(H2,29,32,33)/t14-,15+/m0/s1. The first-order chi connectivity index (χ1) is 19.1. The van der Waals surface area contributed by atoms with E-state index in [0.717, 1.165) is 16.9 Å². The highest BCUT2D eigenvalue weighted by atomic mass is 19.4. The van der Waals surface area contributed by atoms with Crippen molar-refractivity contribution in [1.29, 1.82) is 0 Å². The molecule has 1 saturated heterocycles. The van der Waals surface area contributed by atoms with Gasteiger partial charge in [-0.05, 0) is 26.0 Å². The third-order valence-corrected chi connectivity index (χ3v) is 6.59. The zero-order chi connectivity index (χ0) is 30.3. The molecular weight excluding hydrogens is 556 g/mol. The van der Waals surface area contributed by atoms with E-state index in [1.165, 1.54) is 38.1 Å². The lowest BCUT2D eigenvalue weighted by molar-refractivity contribution is -0.139. The molecule has 13 nitrogen and oxygen atoms in total. The number of pyridine rings is 1. The number of anilines is 1. The maximum atomic E-state index is 14.9. The van der Waals surface area contributed by atoms with Crippen LogP contribution in [0.25, 0.3) is 16.8 Å². The van der Waals surface area contributed by atoms with Gasteiger partial charge in [-0.3, -0.25) is 9.59 Å². The quantitative estimate of drug-likeness (QED) is 0.303. The fourth-order valence-electron chi connectivity index (χ4n) is 4.52. The topological polar surface area (TPSA) is 177 Å². The minimum absolute atomic E-state index is 0.0484. The molecule has 0 aliphatic carbocycles. The number of halogens is 4. The van der Waals surface area contributed by atoms with Gasteiger partial charge in [-0.15, -0.1) is 0 Å². The molecule has 0 radical (unpaired) electrons. The summed E-state index contributed by atoms with van der Waals surface area (Å²) >= 11 is 0. The first kappa shape index (κ1) is 29.3. The molecule has 3 amide bonds. The molecule has 220 valence electrons. The number of aromatic nitrogens is 4. The van der Waals surface area contributed by atoms with Crippen LogP contribution in [0.3, 0.4) is 0 Å². The number of hydrogen-bond acceptors (Lipinski definition) is 8. The third kappa shape index (κ3) is 5.78. The van der Waals surface area contributed by atoms with Crippen LogP contribution in [0.4, 0.5) is 28.2 Å². The molecule has 3 aromatic heterocycles. The molecule has 1 fully saturated rings. The number of fused-ring (bicyclic) bond motifs is 1. The summed E-state index contributed by atoms with van der Waals surface area (Å²) in [5.41, 5.74) is 2.69. The van der Waals surface area contributed by atoms with E-state index in [4.69, 9.17) is 15.6 Å². The van der Waals surface area contributed by atoms with Crippen LogP contribution in [-0.4, -0.2) is 86.5 Å². The van der Waals surface area contributed by atoms with Crippen molar-refractivity contribution in [2.75, 3.05) is 32.5 Å². The van der Waals surface area contributed by atoms with Gasteiger partial charge < -0.3 is 31.1 Å². The Balaban J connectivity index is 1.61. The highest BCUT2D eigenvalue weighted by Crippen LogP contribution is 2.39. The Hall–Kier alpha value is -4.70. The van der Waals surface area contributed by atoms with E-state index in [0.29, 0.717) is 0 Å². The second kappa shape index (κ2) is 10.7. The SMILES string of the molecule is COc1ncc(-c2cc(C(F)(F)F)c3c(N)ncnn23)cc1C(=O)N[C@@H]1CN(C(=O)C(C)(C)CNC(=O)O)C[C@@H]1F. The van der Waals surface area contributed by atoms with E-state index in [-0.39, 0.29) is 42.3 Å². The zero-order valence-electron chi connectivity index (χ0n) is 22.0. The van der Waals surface area contributed by atoms with Crippen molar-refractivity contribution in [3.63, 3.8) is 0 Å². The van der Waals surface area contributed by atoms with E-state index in [1.807, 2.05) is 0 Å². The molecule has 0 aromatic carbocycles. The first-order valence-electron chi connectivity index (χ1n) is 12.1. The van der Waals surface area contributed by atoms with Gasteiger partial charge in [0.2, 0.25) is 11.8 Å². The molecule has 5 N–H and O–H groups in total. The number of carbonyl (C=O) groups excluding carboxylic acids is 2. The number of nitrogens with one attached hydrogen (secondary N) is 2. The van der Waals surface area contributed by atoms with Crippen LogP contribution < -0.4 is 21.1 Å². The number of alkyl halides is 4. The van der Waals surface area contributed by atoms with E-state index in [1.54, 1.807) is 0 Å². The van der Waals surface area contributed by atoms with Crippen LogP contribution in [0.15, 0.2) is 24.7 Å². The van der Waals surface area contributed by atoms with E-state index in [9.17, 15) is 31.9 Å². The summed E-state index contributed by atoms with van der Waals surface area (Å²) in [5, 5.41) is 17.3. The normalized spacial score (nSPS) is 17.5. The van der Waals surface area contributed by atoms with Crippen LogP contribution in [0, 0.1) is 5.41 Å². The number of nitrogen functional groups attached to an aromatic ring is 1. The smallest absolute Gasteiger partial charge is 0.418 e. The minimum atomic E-state index is -4.79. The van der Waals surface area contributed by atoms with Crippen molar-refractivity contribution >= 4 is 29.2 Å². The minimum Gasteiger partial charge on any atom is -0.480 e. The van der Waals surface area contributed by atoms with Crippen LogP contribution >= 0.6 is 0 Å². The molecule has 0 bridgehead atoms. The largest absolute Gasteiger partial charge is 0.480 e. The van der Waals surface area contributed by atoms with Gasteiger partial charge in [-0.1, -0.05) is 0 Å². The average Bonchev–Trinajstić information content (AvgIpc) is 3.48.